The highest BCUT2D eigenvalue weighted by Gasteiger charge is 2.42. The van der Waals surface area contributed by atoms with Crippen molar-refractivity contribution in [3.8, 4) is 0 Å². The maximum Gasteiger partial charge on any atom is 0.482 e. The molecule has 16 heavy (non-hydrogen) atoms. The highest BCUT2D eigenvalue weighted by Crippen LogP contribution is 2.26. The van der Waals surface area contributed by atoms with Crippen LogP contribution in [0.4, 0.5) is 13.2 Å². The molecule has 0 aliphatic carbocycles. The van der Waals surface area contributed by atoms with Crippen LogP contribution in [0.25, 0.3) is 0 Å². The first kappa shape index (κ1) is 12.8. The van der Waals surface area contributed by atoms with Crippen LogP contribution >= 0.6 is 0 Å². The molecule has 0 spiro atoms. The molecule has 0 bridgehead atoms. The number of alkyl halides is 3. The summed E-state index contributed by atoms with van der Waals surface area (Å²) >= 11 is 0. The summed E-state index contributed by atoms with van der Waals surface area (Å²) in [6, 6.07) is 2.46. The van der Waals surface area contributed by atoms with E-state index in [4.69, 9.17) is 0 Å². The second-order valence-electron chi connectivity index (χ2n) is 3.67. The Labute approximate surface area is 92.0 Å². The summed E-state index contributed by atoms with van der Waals surface area (Å²) in [5, 5.41) is 0. The molecule has 1 rings (SSSR count). The predicted molar refractivity (Wildman–Crippen MR) is 51.5 cm³/mol. The van der Waals surface area contributed by atoms with Gasteiger partial charge >= 0.3 is 11.9 Å². The van der Waals surface area contributed by atoms with E-state index in [1.54, 1.807) is 0 Å². The molecule has 0 fully saturated rings. The highest BCUT2D eigenvalue weighted by atomic mass is 19.4. The van der Waals surface area contributed by atoms with Crippen LogP contribution in [0, 0.1) is 0 Å². The Kier molecular flexibility index (Phi) is 3.74. The lowest BCUT2D eigenvalue weighted by Gasteiger charge is -2.09. The average molecular weight is 235 g/mol. The van der Waals surface area contributed by atoms with Gasteiger partial charge in [0.15, 0.2) is 0 Å². The van der Waals surface area contributed by atoms with Crippen molar-refractivity contribution in [2.24, 2.45) is 0 Å². The molecule has 0 aromatic carbocycles. The molecule has 3 nitrogen and oxygen atoms in total. The van der Waals surface area contributed by atoms with Gasteiger partial charge in [-0.15, -0.1) is 0 Å². The van der Waals surface area contributed by atoms with Crippen LogP contribution in [0.3, 0.4) is 0 Å². The number of hydrogen-bond donors (Lipinski definition) is 0. The Morgan fingerprint density at radius 2 is 1.94 bits per heavy atom. The van der Waals surface area contributed by atoms with Crippen LogP contribution in [-0.2, 0) is 12.7 Å². The Morgan fingerprint density at radius 3 is 2.38 bits per heavy atom. The molecule has 0 saturated carbocycles. The Balaban J connectivity index is 3.07. The molecule has 0 atom stereocenters. The number of rotatable bonds is 3. The fourth-order valence-corrected chi connectivity index (χ4v) is 1.35. The maximum atomic E-state index is 12.5. The van der Waals surface area contributed by atoms with Crippen LogP contribution in [0.2, 0.25) is 0 Å². The van der Waals surface area contributed by atoms with E-state index in [-0.39, 0.29) is 0 Å². The van der Waals surface area contributed by atoms with Gasteiger partial charge in [-0.25, -0.2) is 0 Å². The zero-order valence-corrected chi connectivity index (χ0v) is 9.38. The molecular formula is C10H14F3N2O+. The molecule has 90 valence electrons. The lowest BCUT2D eigenvalue weighted by Crippen LogP contribution is -2.47. The van der Waals surface area contributed by atoms with Gasteiger partial charge in [0.05, 0.1) is 0 Å². The second kappa shape index (κ2) is 4.69. The summed E-state index contributed by atoms with van der Waals surface area (Å²) in [5.41, 5.74) is -0.0719. The van der Waals surface area contributed by atoms with Crippen molar-refractivity contribution in [3.63, 3.8) is 0 Å². The lowest BCUT2D eigenvalue weighted by atomic mass is 10.2. The average Bonchev–Trinajstić information content (AvgIpc) is 2.14. The summed E-state index contributed by atoms with van der Waals surface area (Å²) in [5.74, 6) is 0. The number of nitrogens with zero attached hydrogens (tertiary/aromatic N) is 2. The van der Waals surface area contributed by atoms with Crippen molar-refractivity contribution in [3.05, 3.63) is 29.6 Å². The molecule has 1 aromatic rings. The van der Waals surface area contributed by atoms with Gasteiger partial charge in [-0.2, -0.15) is 13.2 Å². The van der Waals surface area contributed by atoms with E-state index in [1.807, 2.05) is 19.0 Å². The maximum absolute atomic E-state index is 12.5. The summed E-state index contributed by atoms with van der Waals surface area (Å²) < 4.78 is 38.3. The van der Waals surface area contributed by atoms with Gasteiger partial charge in [-0.05, 0) is 20.2 Å². The van der Waals surface area contributed by atoms with Crippen LogP contribution in [0.5, 0.6) is 0 Å². The topological polar surface area (TPSA) is 16.4 Å². The van der Waals surface area contributed by atoms with E-state index in [2.05, 4.69) is 4.84 Å². The SMILES string of the molecule is CO[n+]1cc(CN(C)C)ccc1C(F)(F)F. The molecule has 1 heterocycles. The van der Waals surface area contributed by atoms with Crippen molar-refractivity contribution in [1.29, 1.82) is 0 Å². The zero-order chi connectivity index (χ0) is 12.3. The minimum Gasteiger partial charge on any atom is -0.305 e. The van der Waals surface area contributed by atoms with Gasteiger partial charge in [0.2, 0.25) is 6.20 Å². The van der Waals surface area contributed by atoms with Crippen molar-refractivity contribution >= 4 is 0 Å². The fourth-order valence-electron chi connectivity index (χ4n) is 1.35. The van der Waals surface area contributed by atoms with Crippen molar-refractivity contribution in [1.82, 2.24) is 4.90 Å². The fraction of sp³-hybridized carbons (Fsp3) is 0.500. The van der Waals surface area contributed by atoms with E-state index in [0.29, 0.717) is 6.54 Å². The first-order chi connectivity index (χ1) is 7.34. The minimum absolute atomic E-state index is 0.557. The van der Waals surface area contributed by atoms with Gasteiger partial charge in [-0.3, -0.25) is 4.84 Å². The molecule has 1 aromatic heterocycles. The number of aromatic nitrogens is 1. The standard InChI is InChI=1S/C10H14F3N2O/c1-14(2)6-8-4-5-9(10(11,12)13)15(7-8)16-3/h4-5,7H,6H2,1-3H3/q+1. The third-order valence-electron chi connectivity index (χ3n) is 1.96. The van der Waals surface area contributed by atoms with E-state index in [9.17, 15) is 13.2 Å². The monoisotopic (exact) mass is 235 g/mol. The number of pyridine rings is 1. The summed E-state index contributed by atoms with van der Waals surface area (Å²) in [7, 11) is 4.89. The van der Waals surface area contributed by atoms with E-state index >= 15 is 0 Å². The van der Waals surface area contributed by atoms with E-state index < -0.39 is 11.9 Å². The van der Waals surface area contributed by atoms with Gasteiger partial charge in [0.25, 0.3) is 0 Å². The molecule has 6 heteroatoms. The van der Waals surface area contributed by atoms with Crippen LogP contribution in [0.15, 0.2) is 18.3 Å². The molecule has 0 radical (unpaired) electrons. The van der Waals surface area contributed by atoms with Crippen LogP contribution in [-0.4, -0.2) is 26.1 Å². The van der Waals surface area contributed by atoms with Gasteiger partial charge < -0.3 is 4.90 Å². The third kappa shape index (κ3) is 3.10. The molecule has 0 amide bonds. The van der Waals surface area contributed by atoms with E-state index in [1.165, 1.54) is 19.4 Å². The molecule has 0 aliphatic rings. The largest absolute Gasteiger partial charge is 0.482 e. The van der Waals surface area contributed by atoms with Crippen LogP contribution < -0.4 is 9.57 Å². The zero-order valence-electron chi connectivity index (χ0n) is 9.38. The molecule has 0 aliphatic heterocycles. The number of hydrogen-bond acceptors (Lipinski definition) is 2. The smallest absolute Gasteiger partial charge is 0.305 e. The van der Waals surface area contributed by atoms with Crippen molar-refractivity contribution in [2.45, 2.75) is 12.7 Å². The van der Waals surface area contributed by atoms with E-state index in [0.717, 1.165) is 16.4 Å². The van der Waals surface area contributed by atoms with Gasteiger partial charge in [0, 0.05) is 22.9 Å². The summed E-state index contributed by atoms with van der Waals surface area (Å²) in [4.78, 5) is 6.54. The first-order valence-corrected chi connectivity index (χ1v) is 4.65. The second-order valence-corrected chi connectivity index (χ2v) is 3.67. The highest BCUT2D eigenvalue weighted by molar-refractivity contribution is 5.10. The molecule has 0 N–H and O–H groups in total. The van der Waals surface area contributed by atoms with Gasteiger partial charge in [0.1, 0.15) is 7.11 Å². The van der Waals surface area contributed by atoms with Crippen molar-refractivity contribution < 1.29 is 22.7 Å². The Bertz CT molecular complexity index is 364. The normalized spacial score (nSPS) is 11.9. The molecule has 0 unspecified atom stereocenters. The van der Waals surface area contributed by atoms with Crippen LogP contribution in [0.1, 0.15) is 11.3 Å². The predicted octanol–water partition coefficient (Wildman–Crippen LogP) is 1.11. The summed E-state index contributed by atoms with van der Waals surface area (Å²) in [6.07, 6.45) is -3.07. The quantitative estimate of drug-likeness (QED) is 0.730. The Hall–Kier alpha value is -1.30. The molecular weight excluding hydrogens is 221 g/mol. The third-order valence-corrected chi connectivity index (χ3v) is 1.96. The first-order valence-electron chi connectivity index (χ1n) is 4.65. The lowest BCUT2D eigenvalue weighted by molar-refractivity contribution is -0.896. The number of halogens is 3. The Morgan fingerprint density at radius 1 is 1.31 bits per heavy atom. The minimum atomic E-state index is -4.41. The van der Waals surface area contributed by atoms with Gasteiger partial charge in [-0.1, -0.05) is 0 Å². The van der Waals surface area contributed by atoms with Crippen molar-refractivity contribution in [2.75, 3.05) is 21.2 Å². The molecule has 0 saturated heterocycles. The summed E-state index contributed by atoms with van der Waals surface area (Å²) in [6.45, 7) is 0.557.